The quantitative estimate of drug-likeness (QED) is 0.779. The van der Waals surface area contributed by atoms with E-state index in [-0.39, 0.29) is 6.03 Å². The lowest BCUT2D eigenvalue weighted by Gasteiger charge is -2.17. The molecule has 2 rings (SSSR count). The van der Waals surface area contributed by atoms with Crippen molar-refractivity contribution >= 4 is 17.4 Å². The van der Waals surface area contributed by atoms with Gasteiger partial charge in [0.05, 0.1) is 13.2 Å². The molecule has 0 saturated heterocycles. The fourth-order valence-electron chi connectivity index (χ4n) is 2.15. The van der Waals surface area contributed by atoms with Crippen LogP contribution in [0.1, 0.15) is 22.4 Å². The number of ether oxygens (including phenoxy) is 1. The highest BCUT2D eigenvalue weighted by Gasteiger charge is 2.10. The molecule has 0 radical (unpaired) electrons. The second-order valence-corrected chi connectivity index (χ2v) is 6.63. The van der Waals surface area contributed by atoms with E-state index in [1.54, 1.807) is 16.2 Å². The van der Waals surface area contributed by atoms with Gasteiger partial charge in [0.15, 0.2) is 0 Å². The molecule has 124 valence electrons. The second-order valence-electron chi connectivity index (χ2n) is 5.63. The van der Waals surface area contributed by atoms with Crippen LogP contribution in [0.25, 0.3) is 0 Å². The number of rotatable bonds is 7. The Bertz CT molecular complexity index is 639. The van der Waals surface area contributed by atoms with E-state index in [0.717, 1.165) is 12.2 Å². The molecule has 0 unspecified atom stereocenters. The van der Waals surface area contributed by atoms with Gasteiger partial charge < -0.3 is 15.0 Å². The number of nitrogens with zero attached hydrogens (tertiary/aromatic N) is 1. The number of urea groups is 1. The lowest BCUT2D eigenvalue weighted by Crippen LogP contribution is -2.37. The molecule has 5 heteroatoms. The third kappa shape index (κ3) is 5.60. The first kappa shape index (κ1) is 17.3. The van der Waals surface area contributed by atoms with Gasteiger partial charge in [-0.15, -0.1) is 11.3 Å². The van der Waals surface area contributed by atoms with E-state index in [9.17, 15) is 4.79 Å². The van der Waals surface area contributed by atoms with Gasteiger partial charge in [0.25, 0.3) is 0 Å². The molecule has 0 aliphatic rings. The normalized spacial score (nSPS) is 10.4. The number of hydrogen-bond acceptors (Lipinski definition) is 3. The van der Waals surface area contributed by atoms with Gasteiger partial charge in [0.2, 0.25) is 0 Å². The Morgan fingerprint density at radius 3 is 2.83 bits per heavy atom. The molecular weight excluding hydrogens is 308 g/mol. The largest absolute Gasteiger partial charge is 0.494 e. The maximum atomic E-state index is 12.0. The summed E-state index contributed by atoms with van der Waals surface area (Å²) in [6.45, 7) is 5.96. The van der Waals surface area contributed by atoms with Crippen molar-refractivity contribution < 1.29 is 9.53 Å². The van der Waals surface area contributed by atoms with Gasteiger partial charge in [-0.25, -0.2) is 4.79 Å². The first-order valence-electron chi connectivity index (χ1n) is 7.77. The third-order valence-electron chi connectivity index (χ3n) is 3.55. The molecule has 2 aromatic rings. The van der Waals surface area contributed by atoms with E-state index in [1.165, 1.54) is 16.0 Å². The van der Waals surface area contributed by atoms with Crippen molar-refractivity contribution in [2.24, 2.45) is 0 Å². The van der Waals surface area contributed by atoms with E-state index in [1.807, 2.05) is 38.2 Å². The summed E-state index contributed by atoms with van der Waals surface area (Å²) in [6.07, 6.45) is 0.783. The Morgan fingerprint density at radius 2 is 2.13 bits per heavy atom. The number of nitrogens with one attached hydrogen (secondary N) is 1. The molecule has 23 heavy (non-hydrogen) atoms. The zero-order valence-electron chi connectivity index (χ0n) is 14.0. The molecule has 0 bridgehead atoms. The van der Waals surface area contributed by atoms with E-state index in [0.29, 0.717) is 19.7 Å². The van der Waals surface area contributed by atoms with Gasteiger partial charge in [0, 0.05) is 18.5 Å². The molecule has 1 heterocycles. The minimum Gasteiger partial charge on any atom is -0.494 e. The molecule has 0 fully saturated rings. The van der Waals surface area contributed by atoms with Crippen molar-refractivity contribution in [3.8, 4) is 5.75 Å². The van der Waals surface area contributed by atoms with Crippen molar-refractivity contribution in [1.29, 1.82) is 0 Å². The topological polar surface area (TPSA) is 41.6 Å². The van der Waals surface area contributed by atoms with Gasteiger partial charge >= 0.3 is 6.03 Å². The van der Waals surface area contributed by atoms with Crippen LogP contribution in [0.15, 0.2) is 35.7 Å². The lowest BCUT2D eigenvalue weighted by atomic mass is 10.2. The molecule has 4 nitrogen and oxygen atoms in total. The van der Waals surface area contributed by atoms with E-state index >= 15 is 0 Å². The fourth-order valence-corrected chi connectivity index (χ4v) is 3.11. The average molecular weight is 332 g/mol. The standard InChI is InChI=1S/C18H24N2O2S/c1-14-6-4-7-16(12-14)22-10-5-9-19-18(21)20(3)13-17-15(2)8-11-23-17/h4,6-8,11-12H,5,9-10,13H2,1-3H3,(H,19,21). The number of carbonyl (C=O) groups excluding carboxylic acids is 1. The molecule has 2 amide bonds. The van der Waals surface area contributed by atoms with E-state index in [2.05, 4.69) is 23.7 Å². The lowest BCUT2D eigenvalue weighted by molar-refractivity contribution is 0.206. The molecular formula is C18H24N2O2S. The SMILES string of the molecule is Cc1cccc(OCCCNC(=O)N(C)Cc2sccc2C)c1. The summed E-state index contributed by atoms with van der Waals surface area (Å²) in [4.78, 5) is 15.0. The van der Waals surface area contributed by atoms with E-state index in [4.69, 9.17) is 4.74 Å². The van der Waals surface area contributed by atoms with Crippen LogP contribution in [-0.2, 0) is 6.54 Å². The smallest absolute Gasteiger partial charge is 0.317 e. The van der Waals surface area contributed by atoms with Crippen molar-refractivity contribution in [3.63, 3.8) is 0 Å². The Labute approximate surface area is 142 Å². The first-order valence-corrected chi connectivity index (χ1v) is 8.65. The Morgan fingerprint density at radius 1 is 1.30 bits per heavy atom. The summed E-state index contributed by atoms with van der Waals surface area (Å²) in [7, 11) is 1.82. The first-order chi connectivity index (χ1) is 11.1. The van der Waals surface area contributed by atoms with Crippen LogP contribution in [0.2, 0.25) is 0 Å². The minimum atomic E-state index is -0.0478. The zero-order chi connectivity index (χ0) is 16.7. The summed E-state index contributed by atoms with van der Waals surface area (Å²) >= 11 is 1.68. The number of aryl methyl sites for hydroxylation is 2. The molecule has 0 aliphatic heterocycles. The van der Waals surface area contributed by atoms with Crippen molar-refractivity contribution in [1.82, 2.24) is 10.2 Å². The van der Waals surface area contributed by atoms with Crippen LogP contribution in [-0.4, -0.2) is 31.1 Å². The van der Waals surface area contributed by atoms with Crippen molar-refractivity contribution in [3.05, 3.63) is 51.7 Å². The van der Waals surface area contributed by atoms with Crippen LogP contribution < -0.4 is 10.1 Å². The van der Waals surface area contributed by atoms with Crippen LogP contribution in [0.5, 0.6) is 5.75 Å². The van der Waals surface area contributed by atoms with Crippen molar-refractivity contribution in [2.45, 2.75) is 26.8 Å². The van der Waals surface area contributed by atoms with Crippen LogP contribution >= 0.6 is 11.3 Å². The summed E-state index contributed by atoms with van der Waals surface area (Å²) in [5.74, 6) is 0.876. The van der Waals surface area contributed by atoms with Gasteiger partial charge in [-0.3, -0.25) is 0 Å². The maximum Gasteiger partial charge on any atom is 0.317 e. The minimum absolute atomic E-state index is 0.0478. The molecule has 0 atom stereocenters. The third-order valence-corrected chi connectivity index (χ3v) is 4.56. The summed E-state index contributed by atoms with van der Waals surface area (Å²) < 4.78 is 5.67. The molecule has 1 aromatic carbocycles. The van der Waals surface area contributed by atoms with Crippen LogP contribution in [0.4, 0.5) is 4.79 Å². The average Bonchev–Trinajstić information content (AvgIpc) is 2.92. The molecule has 0 spiro atoms. The molecule has 1 aromatic heterocycles. The molecule has 1 N–H and O–H groups in total. The monoisotopic (exact) mass is 332 g/mol. The maximum absolute atomic E-state index is 12.0. The highest BCUT2D eigenvalue weighted by atomic mass is 32.1. The number of thiophene rings is 1. The predicted molar refractivity (Wildman–Crippen MR) is 95.2 cm³/mol. The highest BCUT2D eigenvalue weighted by molar-refractivity contribution is 7.10. The Hall–Kier alpha value is -2.01. The van der Waals surface area contributed by atoms with E-state index < -0.39 is 0 Å². The van der Waals surface area contributed by atoms with Gasteiger partial charge in [-0.05, 0) is 55.0 Å². The number of amides is 2. The Balaban J connectivity index is 1.63. The van der Waals surface area contributed by atoms with Gasteiger partial charge in [-0.1, -0.05) is 12.1 Å². The predicted octanol–water partition coefficient (Wildman–Crippen LogP) is 3.98. The summed E-state index contributed by atoms with van der Waals surface area (Å²) in [6, 6.07) is 10.0. The molecule has 0 saturated carbocycles. The summed E-state index contributed by atoms with van der Waals surface area (Å²) in [5, 5.41) is 4.98. The second kappa shape index (κ2) is 8.58. The molecule has 0 aliphatic carbocycles. The fraction of sp³-hybridized carbons (Fsp3) is 0.389. The Kier molecular flexibility index (Phi) is 6.47. The van der Waals surface area contributed by atoms with Gasteiger partial charge in [0.1, 0.15) is 5.75 Å². The number of hydrogen-bond donors (Lipinski definition) is 1. The zero-order valence-corrected chi connectivity index (χ0v) is 14.8. The number of benzene rings is 1. The van der Waals surface area contributed by atoms with Gasteiger partial charge in [-0.2, -0.15) is 0 Å². The summed E-state index contributed by atoms with van der Waals surface area (Å²) in [5.41, 5.74) is 2.42. The highest BCUT2D eigenvalue weighted by Crippen LogP contribution is 2.17. The van der Waals surface area contributed by atoms with Crippen LogP contribution in [0, 0.1) is 13.8 Å². The van der Waals surface area contributed by atoms with Crippen molar-refractivity contribution in [2.75, 3.05) is 20.2 Å². The van der Waals surface area contributed by atoms with Crippen LogP contribution in [0.3, 0.4) is 0 Å². The number of carbonyl (C=O) groups is 1.